The topological polar surface area (TPSA) is 74.1 Å². The van der Waals surface area contributed by atoms with Gasteiger partial charge in [0.2, 0.25) is 5.91 Å². The Kier molecular flexibility index (Phi) is 4.79. The van der Waals surface area contributed by atoms with Crippen LogP contribution in [0.15, 0.2) is 11.0 Å². The number of nitriles is 1. The van der Waals surface area contributed by atoms with Crippen LogP contribution < -0.4 is 4.90 Å². The SMILES string of the molecule is CC(=O)N(C)c1nc(/C=C(\C#N)C(=O)C(C)(C)C)cs1. The van der Waals surface area contributed by atoms with Gasteiger partial charge in [0, 0.05) is 24.8 Å². The summed E-state index contributed by atoms with van der Waals surface area (Å²) in [4.78, 5) is 29.0. The zero-order chi connectivity index (χ0) is 15.5. The summed E-state index contributed by atoms with van der Waals surface area (Å²) in [7, 11) is 1.63. The normalized spacial score (nSPS) is 11.9. The van der Waals surface area contributed by atoms with Crippen molar-refractivity contribution in [1.29, 1.82) is 5.26 Å². The molecule has 0 unspecified atom stereocenters. The molecule has 0 bridgehead atoms. The number of amides is 1. The van der Waals surface area contributed by atoms with Gasteiger partial charge in [0.15, 0.2) is 10.9 Å². The van der Waals surface area contributed by atoms with Gasteiger partial charge in [0.25, 0.3) is 0 Å². The van der Waals surface area contributed by atoms with Crippen LogP contribution in [0.25, 0.3) is 6.08 Å². The van der Waals surface area contributed by atoms with Gasteiger partial charge in [-0.05, 0) is 6.08 Å². The zero-order valence-electron chi connectivity index (χ0n) is 12.2. The van der Waals surface area contributed by atoms with Gasteiger partial charge in [-0.3, -0.25) is 14.5 Å². The maximum Gasteiger partial charge on any atom is 0.225 e. The summed E-state index contributed by atoms with van der Waals surface area (Å²) in [5.41, 5.74) is -0.0385. The Bertz CT molecular complexity index is 603. The number of nitrogens with zero attached hydrogens (tertiary/aromatic N) is 3. The Hall–Kier alpha value is -2.00. The fraction of sp³-hybridized carbons (Fsp3) is 0.429. The molecule has 1 amide bonds. The van der Waals surface area contributed by atoms with Crippen LogP contribution >= 0.6 is 11.3 Å². The monoisotopic (exact) mass is 291 g/mol. The van der Waals surface area contributed by atoms with E-state index >= 15 is 0 Å². The third-order valence-electron chi connectivity index (χ3n) is 2.61. The molecule has 0 saturated carbocycles. The van der Waals surface area contributed by atoms with E-state index in [2.05, 4.69) is 4.98 Å². The molecule has 20 heavy (non-hydrogen) atoms. The summed E-state index contributed by atoms with van der Waals surface area (Å²) in [5.74, 6) is -0.351. The van der Waals surface area contributed by atoms with Crippen molar-refractivity contribution in [2.24, 2.45) is 5.41 Å². The molecule has 0 atom stereocenters. The lowest BCUT2D eigenvalue weighted by Crippen LogP contribution is -2.22. The summed E-state index contributed by atoms with van der Waals surface area (Å²) in [6.07, 6.45) is 1.46. The van der Waals surface area contributed by atoms with E-state index in [1.54, 1.807) is 33.2 Å². The molecule has 0 saturated heterocycles. The second-order valence-corrected chi connectivity index (χ2v) is 6.22. The van der Waals surface area contributed by atoms with Gasteiger partial charge in [-0.1, -0.05) is 20.8 Å². The summed E-state index contributed by atoms with van der Waals surface area (Å²) in [5, 5.41) is 11.3. The molecule has 0 fully saturated rings. The fourth-order valence-electron chi connectivity index (χ4n) is 1.33. The lowest BCUT2D eigenvalue weighted by molar-refractivity contribution is -0.122. The maximum atomic E-state index is 12.1. The number of anilines is 1. The standard InChI is InChI=1S/C14H17N3O2S/c1-9(18)17(5)13-16-11(8-20-13)6-10(7-15)12(19)14(2,3)4/h6,8H,1-5H3/b10-6+. The molecule has 1 aromatic rings. The first-order valence-electron chi connectivity index (χ1n) is 6.03. The number of carbonyl (C=O) groups is 2. The highest BCUT2D eigenvalue weighted by Gasteiger charge is 2.25. The van der Waals surface area contributed by atoms with Crippen LogP contribution in [0.4, 0.5) is 5.13 Å². The number of aromatic nitrogens is 1. The van der Waals surface area contributed by atoms with Crippen molar-refractivity contribution in [3.05, 3.63) is 16.6 Å². The predicted molar refractivity (Wildman–Crippen MR) is 79.3 cm³/mol. The zero-order valence-corrected chi connectivity index (χ0v) is 13.0. The number of rotatable bonds is 3. The first kappa shape index (κ1) is 16.1. The minimum absolute atomic E-state index is 0.0693. The molecule has 0 spiro atoms. The van der Waals surface area contributed by atoms with Gasteiger partial charge in [-0.15, -0.1) is 11.3 Å². The molecule has 0 N–H and O–H groups in total. The quantitative estimate of drug-likeness (QED) is 0.634. The number of ketones is 1. The van der Waals surface area contributed by atoms with E-state index in [0.29, 0.717) is 10.8 Å². The van der Waals surface area contributed by atoms with Crippen molar-refractivity contribution in [2.75, 3.05) is 11.9 Å². The van der Waals surface area contributed by atoms with Crippen LogP contribution in [0, 0.1) is 16.7 Å². The van der Waals surface area contributed by atoms with Crippen LogP contribution in [0.1, 0.15) is 33.4 Å². The van der Waals surface area contributed by atoms with E-state index in [1.165, 1.54) is 29.2 Å². The predicted octanol–water partition coefficient (Wildman–Crippen LogP) is 2.65. The first-order chi connectivity index (χ1) is 9.16. The Morgan fingerprint density at radius 2 is 2.05 bits per heavy atom. The van der Waals surface area contributed by atoms with Crippen molar-refractivity contribution in [3.63, 3.8) is 0 Å². The van der Waals surface area contributed by atoms with Gasteiger partial charge >= 0.3 is 0 Å². The Labute approximate surface area is 122 Å². The number of carbonyl (C=O) groups excluding carboxylic acids is 2. The van der Waals surface area contributed by atoms with Gasteiger partial charge < -0.3 is 0 Å². The van der Waals surface area contributed by atoms with Crippen LogP contribution in [0.3, 0.4) is 0 Å². The molecule has 106 valence electrons. The van der Waals surface area contributed by atoms with Crippen LogP contribution in [-0.4, -0.2) is 23.7 Å². The highest BCUT2D eigenvalue weighted by Crippen LogP contribution is 2.24. The van der Waals surface area contributed by atoms with Crippen molar-refractivity contribution < 1.29 is 9.59 Å². The van der Waals surface area contributed by atoms with Crippen molar-refractivity contribution in [1.82, 2.24) is 4.98 Å². The summed E-state index contributed by atoms with van der Waals surface area (Å²) < 4.78 is 0. The van der Waals surface area contributed by atoms with E-state index in [0.717, 1.165) is 0 Å². The highest BCUT2D eigenvalue weighted by atomic mass is 32.1. The third-order valence-corrected chi connectivity index (χ3v) is 3.54. The average molecular weight is 291 g/mol. The minimum atomic E-state index is -0.614. The van der Waals surface area contributed by atoms with Crippen LogP contribution in [0.2, 0.25) is 0 Å². The number of hydrogen-bond acceptors (Lipinski definition) is 5. The Morgan fingerprint density at radius 1 is 1.45 bits per heavy atom. The fourth-order valence-corrected chi connectivity index (χ4v) is 2.12. The smallest absolute Gasteiger partial charge is 0.225 e. The second kappa shape index (κ2) is 5.97. The molecule has 1 aromatic heterocycles. The average Bonchev–Trinajstić information content (AvgIpc) is 2.81. The largest absolute Gasteiger partial charge is 0.293 e. The van der Waals surface area contributed by atoms with Gasteiger partial charge in [0.1, 0.15) is 6.07 Å². The molecule has 1 heterocycles. The molecule has 6 heteroatoms. The number of hydrogen-bond donors (Lipinski definition) is 0. The molecular weight excluding hydrogens is 274 g/mol. The van der Waals surface area contributed by atoms with Crippen molar-refractivity contribution in [2.45, 2.75) is 27.7 Å². The lowest BCUT2D eigenvalue weighted by Gasteiger charge is -2.15. The van der Waals surface area contributed by atoms with Crippen LogP contribution in [-0.2, 0) is 9.59 Å². The van der Waals surface area contributed by atoms with Crippen LogP contribution in [0.5, 0.6) is 0 Å². The maximum absolute atomic E-state index is 12.1. The molecule has 0 aliphatic rings. The van der Waals surface area contributed by atoms with Gasteiger partial charge in [-0.2, -0.15) is 5.26 Å². The van der Waals surface area contributed by atoms with E-state index in [9.17, 15) is 9.59 Å². The Morgan fingerprint density at radius 3 is 2.50 bits per heavy atom. The van der Waals surface area contributed by atoms with Gasteiger partial charge in [0.05, 0.1) is 11.3 Å². The van der Waals surface area contributed by atoms with Crippen molar-refractivity contribution >= 4 is 34.2 Å². The number of thiazole rings is 1. The minimum Gasteiger partial charge on any atom is -0.293 e. The summed E-state index contributed by atoms with van der Waals surface area (Å²) in [6.45, 7) is 6.73. The van der Waals surface area contributed by atoms with E-state index in [-0.39, 0.29) is 17.3 Å². The molecule has 0 aliphatic carbocycles. The molecular formula is C14H17N3O2S. The van der Waals surface area contributed by atoms with Crippen molar-refractivity contribution in [3.8, 4) is 6.07 Å². The highest BCUT2D eigenvalue weighted by molar-refractivity contribution is 7.14. The Balaban J connectivity index is 3.08. The van der Waals surface area contributed by atoms with E-state index in [1.807, 2.05) is 6.07 Å². The van der Waals surface area contributed by atoms with Gasteiger partial charge in [-0.25, -0.2) is 4.98 Å². The molecule has 0 radical (unpaired) electrons. The molecule has 0 aliphatic heterocycles. The molecule has 1 rings (SSSR count). The lowest BCUT2D eigenvalue weighted by atomic mass is 9.86. The summed E-state index contributed by atoms with van der Waals surface area (Å²) >= 11 is 1.29. The molecule has 5 nitrogen and oxygen atoms in total. The number of Topliss-reactive ketones (excluding diaryl/α,β-unsaturated/α-hetero) is 1. The molecule has 0 aromatic carbocycles. The first-order valence-corrected chi connectivity index (χ1v) is 6.91. The summed E-state index contributed by atoms with van der Waals surface area (Å²) in [6, 6.07) is 1.91. The van der Waals surface area contributed by atoms with E-state index in [4.69, 9.17) is 5.26 Å². The number of allylic oxidation sites excluding steroid dienone is 1. The van der Waals surface area contributed by atoms with E-state index < -0.39 is 5.41 Å². The second-order valence-electron chi connectivity index (χ2n) is 5.38. The third kappa shape index (κ3) is 3.75.